The fourth-order valence-electron chi connectivity index (χ4n) is 11.5. The van der Waals surface area contributed by atoms with Gasteiger partial charge in [-0.1, -0.05) is 171 Å². The van der Waals surface area contributed by atoms with Gasteiger partial charge in [-0.25, -0.2) is 24.0 Å². The first-order valence-corrected chi connectivity index (χ1v) is 42.7. The van der Waals surface area contributed by atoms with Gasteiger partial charge in [-0.2, -0.15) is 0 Å². The van der Waals surface area contributed by atoms with Crippen molar-refractivity contribution in [1.82, 2.24) is 0 Å². The minimum Gasteiger partial charge on any atom is -0.459 e. The van der Waals surface area contributed by atoms with Gasteiger partial charge in [0, 0.05) is 14.7 Å². The van der Waals surface area contributed by atoms with Gasteiger partial charge in [0.25, 0.3) is 0 Å². The van der Waals surface area contributed by atoms with E-state index in [-0.39, 0.29) is 75.4 Å². The quantitative estimate of drug-likeness (QED) is 0.0172. The molecule has 2 radical (unpaired) electrons. The molecule has 2 N–H and O–H groups in total. The van der Waals surface area contributed by atoms with Crippen LogP contribution in [0.5, 0.6) is 0 Å². The van der Waals surface area contributed by atoms with Gasteiger partial charge in [-0.05, 0) is 84.8 Å². The maximum atomic E-state index is 14.8. The first-order chi connectivity index (χ1) is 49.5. The van der Waals surface area contributed by atoms with E-state index in [4.69, 9.17) is 61.6 Å². The topological polar surface area (TPSA) is 246 Å². The summed E-state index contributed by atoms with van der Waals surface area (Å²) in [5.41, 5.74) is 2.12. The van der Waals surface area contributed by atoms with E-state index in [1.807, 2.05) is 60.7 Å². The predicted molar refractivity (Wildman–Crippen MR) is 383 cm³/mol. The average Bonchev–Trinajstić information content (AvgIpc) is 0.761. The second-order valence-corrected chi connectivity index (χ2v) is 36.2. The molecule has 0 unspecified atom stereocenters. The second kappa shape index (κ2) is 40.5. The Balaban J connectivity index is 0.00000126. The van der Waals surface area contributed by atoms with Crippen molar-refractivity contribution in [3.8, 4) is 0 Å². The van der Waals surface area contributed by atoms with Gasteiger partial charge in [0.1, 0.15) is 49.3 Å². The van der Waals surface area contributed by atoms with E-state index in [0.717, 1.165) is 11.1 Å². The van der Waals surface area contributed by atoms with Crippen molar-refractivity contribution >= 4 is 59.1 Å². The van der Waals surface area contributed by atoms with Crippen LogP contribution in [0.2, 0.25) is 34.6 Å². The van der Waals surface area contributed by atoms with E-state index < -0.39 is 137 Å². The van der Waals surface area contributed by atoms with Crippen molar-refractivity contribution in [2.24, 2.45) is 0 Å². The summed E-state index contributed by atoms with van der Waals surface area (Å²) < 4.78 is 88.2. The number of rotatable bonds is 32. The summed E-state index contributed by atoms with van der Waals surface area (Å²) >= 11 is 0.149. The largest absolute Gasteiger partial charge is 0.459 e. The summed E-state index contributed by atoms with van der Waals surface area (Å²) in [5.74, 6) is -4.43. The smallest absolute Gasteiger partial charge is 0.338 e. The van der Waals surface area contributed by atoms with Crippen LogP contribution in [-0.2, 0) is 74.8 Å². The molecule has 0 bridgehead atoms. The average molecular weight is 1520 g/mol. The van der Waals surface area contributed by atoms with Crippen LogP contribution < -0.4 is 0 Å². The molecule has 3 heterocycles. The van der Waals surface area contributed by atoms with E-state index in [9.17, 15) is 34.2 Å². The third-order valence-corrected chi connectivity index (χ3v) is 22.9. The maximum absolute atomic E-state index is 14.8. The number of aliphatic hydroxyl groups excluding tert-OH is 2. The van der Waals surface area contributed by atoms with Crippen LogP contribution in [0.25, 0.3) is 0 Å². The number of ether oxygens (including phenoxy) is 13. The van der Waals surface area contributed by atoms with E-state index in [1.54, 1.807) is 112 Å². The second-order valence-electron chi connectivity index (χ2n) is 26.3. The standard InChI is InChI=1S/C72H76O20Si.2C4H9.Sn/c1-46-58(91-70-57(74)56(73)59(82-43-48-28-14-6-15-29-48)54(85-70)44-80-42-47-26-12-5-13-27-47)61(88-67(77)51-34-20-9-21-35-51)64(90-69(79)53-38-24-11-25-39-53)72(84-46)92-62-60(87-66(76)50-32-18-8-19-33-50)55(45-83-65(75)49-30-16-7-17-31-49)86-71(81-40-41-93(2,3)4)63(62)89-68(78)52-36-22-10-23-37-52;2*1-3-4-2;/h5-39,46,54-64,70-74H,40-45H2,1-4H3;2*1,3-4H2,2H3;/t46-,54+,55+,56+,57-,58-,59+,60-,61+,62-,63+,64+,70+,71+,72-;;;/m0.../s1. The van der Waals surface area contributed by atoms with Gasteiger partial charge >= 0.3 is 99.4 Å². The molecular formula is C80H94O20SiSn. The van der Waals surface area contributed by atoms with Crippen molar-refractivity contribution in [3.63, 3.8) is 0 Å². The number of benzene rings is 7. The van der Waals surface area contributed by atoms with E-state index in [1.165, 1.54) is 81.1 Å². The Bertz CT molecular complexity index is 3620. The van der Waals surface area contributed by atoms with Gasteiger partial charge in [0.2, 0.25) is 0 Å². The molecule has 0 amide bonds. The van der Waals surface area contributed by atoms with Crippen LogP contribution in [0.4, 0.5) is 0 Å². The molecule has 15 atom stereocenters. The van der Waals surface area contributed by atoms with Crippen LogP contribution in [0.15, 0.2) is 212 Å². The summed E-state index contributed by atoms with van der Waals surface area (Å²) in [6, 6.07) is 59.3. The maximum Gasteiger partial charge on any atom is 0.338 e. The van der Waals surface area contributed by atoms with Crippen molar-refractivity contribution < 1.29 is 95.8 Å². The Kier molecular flexibility index (Phi) is 31.2. The summed E-state index contributed by atoms with van der Waals surface area (Å²) in [6.45, 7) is 12.0. The number of hydrogen-bond donors (Lipinski definition) is 2. The van der Waals surface area contributed by atoms with Gasteiger partial charge in [-0.15, -0.1) is 0 Å². The third kappa shape index (κ3) is 23.5. The number of aliphatic hydroxyl groups is 2. The van der Waals surface area contributed by atoms with Crippen molar-refractivity contribution in [2.75, 3.05) is 19.8 Å². The first kappa shape index (κ1) is 78.6. The molecule has 22 heteroatoms. The molecule has 7 aromatic carbocycles. The summed E-state index contributed by atoms with van der Waals surface area (Å²) in [6.07, 6.45) is -18.4. The zero-order valence-electron chi connectivity index (χ0n) is 58.6. The monoisotopic (exact) mass is 1520 g/mol. The van der Waals surface area contributed by atoms with Gasteiger partial charge in [-0.3, -0.25) is 0 Å². The van der Waals surface area contributed by atoms with Crippen LogP contribution in [0, 0.1) is 0 Å². The molecule has 0 aliphatic carbocycles. The van der Waals surface area contributed by atoms with Gasteiger partial charge in [0.05, 0.1) is 53.7 Å². The molecule has 20 nitrogen and oxygen atoms in total. The zero-order valence-corrected chi connectivity index (χ0v) is 62.4. The molecular weight excluding hydrogens is 1430 g/mol. The number of unbranched alkanes of at least 4 members (excludes halogenated alkanes) is 2. The minimum absolute atomic E-state index is 0.0247. The Morgan fingerprint density at radius 2 is 0.804 bits per heavy atom. The summed E-state index contributed by atoms with van der Waals surface area (Å²) in [4.78, 5) is 72.6. The van der Waals surface area contributed by atoms with E-state index >= 15 is 0 Å². The van der Waals surface area contributed by atoms with Crippen LogP contribution >= 0.6 is 0 Å². The molecule has 0 saturated carbocycles. The first-order valence-electron chi connectivity index (χ1n) is 35.0. The minimum atomic E-state index is -1.91. The molecule has 102 heavy (non-hydrogen) atoms. The number of carbonyl (C=O) groups excluding carboxylic acids is 5. The fourth-order valence-corrected chi connectivity index (χ4v) is 16.4. The van der Waals surface area contributed by atoms with E-state index in [0.29, 0.717) is 6.04 Å². The molecule has 3 fully saturated rings. The fraction of sp³-hybridized carbons (Fsp3) is 0.412. The number of carbonyl (C=O) groups is 5. The molecule has 10 rings (SSSR count). The molecule has 3 aliphatic heterocycles. The molecule has 3 saturated heterocycles. The number of esters is 5. The van der Waals surface area contributed by atoms with Crippen molar-refractivity contribution in [2.45, 2.75) is 186 Å². The normalized spacial score (nSPS) is 24.8. The summed E-state index contributed by atoms with van der Waals surface area (Å²) in [7, 11) is -1.87. The predicted octanol–water partition coefficient (Wildman–Crippen LogP) is 12.7. The molecule has 7 aromatic rings. The SMILES string of the molecule is CCC[CH2][Sn][CH2]CCC.C[C@@H]1O[C@@H](O[C@H]2[C@@H](OC(=O)c3ccccc3)[C@@H](COC(=O)c3ccccc3)O[C@@H](OCC[Si](C)(C)C)[C@@H]2OC(=O)c2ccccc2)[C@H](OC(=O)c2ccccc2)[C@H](OC(=O)c2ccccc2)[C@H]1O[C@H]1O[C@H](COCc2ccccc2)[C@@H](OCc2ccccc2)[C@H](O)[C@@H]1O. The zero-order chi connectivity index (χ0) is 72.2. The van der Waals surface area contributed by atoms with Crippen LogP contribution in [0.3, 0.4) is 0 Å². The Labute approximate surface area is 608 Å². The number of hydrogen-bond acceptors (Lipinski definition) is 20. The van der Waals surface area contributed by atoms with Gasteiger partial charge < -0.3 is 71.8 Å². The summed E-state index contributed by atoms with van der Waals surface area (Å²) in [5, 5.41) is 24.3. The Hall–Kier alpha value is -7.49. The van der Waals surface area contributed by atoms with Crippen LogP contribution in [0.1, 0.15) is 109 Å². The Morgan fingerprint density at radius 1 is 0.412 bits per heavy atom. The van der Waals surface area contributed by atoms with E-state index in [2.05, 4.69) is 33.5 Å². The molecule has 542 valence electrons. The van der Waals surface area contributed by atoms with Crippen molar-refractivity contribution in [1.29, 1.82) is 0 Å². The Morgan fingerprint density at radius 3 is 1.26 bits per heavy atom. The third-order valence-electron chi connectivity index (χ3n) is 17.2. The molecule has 3 aliphatic rings. The van der Waals surface area contributed by atoms with Gasteiger partial charge in [0.15, 0.2) is 43.3 Å². The van der Waals surface area contributed by atoms with Crippen LogP contribution in [-0.4, -0.2) is 181 Å². The molecule has 0 spiro atoms. The van der Waals surface area contributed by atoms with Crippen molar-refractivity contribution in [3.05, 3.63) is 251 Å². The molecule has 0 aromatic heterocycles.